The number of nitrogens with two attached hydrogens (primary N) is 1. The standard InChI is InChI=1S/C17H24BrN3O2.ClH/c1-11(2)16(19)17(23)20-9-15(22)21(14-6-7-14)10-12-4-3-5-13(18)8-12;/h3-5,8,11,14,16H,6-7,9-10,19H2,1-2H3,(H,20,23);1H/t16-;/m0./s1. The Morgan fingerprint density at radius 2 is 2.04 bits per heavy atom. The molecule has 7 heteroatoms. The van der Waals surface area contributed by atoms with Crippen LogP contribution < -0.4 is 11.1 Å². The van der Waals surface area contributed by atoms with Crippen LogP contribution in [0.5, 0.6) is 0 Å². The van der Waals surface area contributed by atoms with Gasteiger partial charge in [-0.05, 0) is 36.5 Å². The van der Waals surface area contributed by atoms with Gasteiger partial charge in [-0.3, -0.25) is 9.59 Å². The molecule has 2 rings (SSSR count). The van der Waals surface area contributed by atoms with Gasteiger partial charge in [0.1, 0.15) is 0 Å². The van der Waals surface area contributed by atoms with Gasteiger partial charge < -0.3 is 16.0 Å². The maximum atomic E-state index is 12.5. The molecule has 134 valence electrons. The topological polar surface area (TPSA) is 75.4 Å². The predicted octanol–water partition coefficient (Wildman–Crippen LogP) is 2.46. The van der Waals surface area contributed by atoms with Crippen LogP contribution in [0.2, 0.25) is 0 Å². The molecule has 24 heavy (non-hydrogen) atoms. The van der Waals surface area contributed by atoms with Crippen molar-refractivity contribution < 1.29 is 9.59 Å². The summed E-state index contributed by atoms with van der Waals surface area (Å²) in [5, 5.41) is 2.66. The van der Waals surface area contributed by atoms with E-state index >= 15 is 0 Å². The second-order valence-corrected chi connectivity index (χ2v) is 7.29. The molecule has 3 N–H and O–H groups in total. The van der Waals surface area contributed by atoms with E-state index in [1.165, 1.54) is 0 Å². The van der Waals surface area contributed by atoms with Crippen LogP contribution in [-0.2, 0) is 16.1 Å². The van der Waals surface area contributed by atoms with Crippen LogP contribution in [0.25, 0.3) is 0 Å². The van der Waals surface area contributed by atoms with Gasteiger partial charge >= 0.3 is 0 Å². The highest BCUT2D eigenvalue weighted by atomic mass is 79.9. The Morgan fingerprint density at radius 1 is 1.38 bits per heavy atom. The van der Waals surface area contributed by atoms with Crippen LogP contribution in [0.4, 0.5) is 0 Å². The number of carbonyl (C=O) groups is 2. The van der Waals surface area contributed by atoms with E-state index in [-0.39, 0.29) is 42.7 Å². The number of amides is 2. The Morgan fingerprint density at radius 3 is 2.58 bits per heavy atom. The molecule has 1 atom stereocenters. The summed E-state index contributed by atoms with van der Waals surface area (Å²) < 4.78 is 0.995. The van der Waals surface area contributed by atoms with Crippen molar-refractivity contribution >= 4 is 40.2 Å². The van der Waals surface area contributed by atoms with E-state index in [4.69, 9.17) is 5.73 Å². The van der Waals surface area contributed by atoms with E-state index in [0.717, 1.165) is 22.9 Å². The summed E-state index contributed by atoms with van der Waals surface area (Å²) >= 11 is 3.45. The summed E-state index contributed by atoms with van der Waals surface area (Å²) in [4.78, 5) is 26.2. The minimum absolute atomic E-state index is 0. The average Bonchev–Trinajstić information content (AvgIpc) is 3.33. The van der Waals surface area contributed by atoms with Gasteiger partial charge in [-0.15, -0.1) is 12.4 Å². The third kappa shape index (κ3) is 6.07. The highest BCUT2D eigenvalue weighted by Gasteiger charge is 2.32. The fraction of sp³-hybridized carbons (Fsp3) is 0.529. The Labute approximate surface area is 157 Å². The highest BCUT2D eigenvalue weighted by Crippen LogP contribution is 2.28. The van der Waals surface area contributed by atoms with Crippen LogP contribution in [0.1, 0.15) is 32.3 Å². The van der Waals surface area contributed by atoms with Crippen molar-refractivity contribution in [2.24, 2.45) is 11.7 Å². The molecule has 0 saturated heterocycles. The van der Waals surface area contributed by atoms with Gasteiger partial charge in [-0.1, -0.05) is 41.9 Å². The van der Waals surface area contributed by atoms with Gasteiger partial charge in [0, 0.05) is 17.1 Å². The molecule has 1 aromatic carbocycles. The molecule has 1 aliphatic rings. The van der Waals surface area contributed by atoms with Crippen LogP contribution >= 0.6 is 28.3 Å². The lowest BCUT2D eigenvalue weighted by Crippen LogP contribution is -2.48. The lowest BCUT2D eigenvalue weighted by atomic mass is 10.1. The fourth-order valence-electron chi connectivity index (χ4n) is 2.32. The van der Waals surface area contributed by atoms with E-state index in [9.17, 15) is 9.59 Å². The van der Waals surface area contributed by atoms with E-state index in [1.54, 1.807) is 0 Å². The summed E-state index contributed by atoms with van der Waals surface area (Å²) in [6.45, 7) is 4.34. The summed E-state index contributed by atoms with van der Waals surface area (Å²) in [5.41, 5.74) is 6.87. The lowest BCUT2D eigenvalue weighted by Gasteiger charge is -2.23. The van der Waals surface area contributed by atoms with E-state index in [1.807, 2.05) is 43.0 Å². The first-order valence-electron chi connectivity index (χ1n) is 7.95. The predicted molar refractivity (Wildman–Crippen MR) is 101 cm³/mol. The Kier molecular flexibility index (Phi) is 8.19. The molecular weight excluding hydrogens is 394 g/mol. The second kappa shape index (κ2) is 9.39. The van der Waals surface area contributed by atoms with Crippen molar-refractivity contribution in [1.82, 2.24) is 10.2 Å². The molecule has 0 radical (unpaired) electrons. The fourth-order valence-corrected chi connectivity index (χ4v) is 2.77. The van der Waals surface area contributed by atoms with Crippen molar-refractivity contribution in [3.63, 3.8) is 0 Å². The number of nitrogens with one attached hydrogen (secondary N) is 1. The number of hydrogen-bond acceptors (Lipinski definition) is 3. The Hall–Kier alpha value is -1.11. The van der Waals surface area contributed by atoms with Crippen molar-refractivity contribution in [2.75, 3.05) is 6.54 Å². The normalized spacial score (nSPS) is 14.7. The maximum absolute atomic E-state index is 12.5. The van der Waals surface area contributed by atoms with Gasteiger partial charge in [0.2, 0.25) is 11.8 Å². The first kappa shape index (κ1) is 20.9. The molecule has 1 aromatic rings. The summed E-state index contributed by atoms with van der Waals surface area (Å²) in [6.07, 6.45) is 2.05. The van der Waals surface area contributed by atoms with Crippen molar-refractivity contribution in [2.45, 2.75) is 45.3 Å². The monoisotopic (exact) mass is 417 g/mol. The molecule has 0 heterocycles. The van der Waals surface area contributed by atoms with E-state index in [0.29, 0.717) is 6.54 Å². The SMILES string of the molecule is CC(C)[C@H](N)C(=O)NCC(=O)N(Cc1cccc(Br)c1)C1CC1.Cl. The van der Waals surface area contributed by atoms with Crippen LogP contribution in [0, 0.1) is 5.92 Å². The van der Waals surface area contributed by atoms with Crippen LogP contribution in [0.15, 0.2) is 28.7 Å². The lowest BCUT2D eigenvalue weighted by molar-refractivity contribution is -0.134. The molecule has 0 aliphatic heterocycles. The maximum Gasteiger partial charge on any atom is 0.242 e. The molecule has 0 unspecified atom stereocenters. The third-order valence-electron chi connectivity index (χ3n) is 3.98. The van der Waals surface area contributed by atoms with Crippen molar-refractivity contribution in [3.8, 4) is 0 Å². The molecule has 0 bridgehead atoms. The highest BCUT2D eigenvalue weighted by molar-refractivity contribution is 9.10. The molecular formula is C17H25BrClN3O2. The molecule has 5 nitrogen and oxygen atoms in total. The minimum Gasteiger partial charge on any atom is -0.346 e. The van der Waals surface area contributed by atoms with Crippen molar-refractivity contribution in [3.05, 3.63) is 34.3 Å². The zero-order chi connectivity index (χ0) is 17.0. The van der Waals surface area contributed by atoms with Gasteiger partial charge in [0.05, 0.1) is 12.6 Å². The quantitative estimate of drug-likeness (QED) is 0.714. The zero-order valence-electron chi connectivity index (χ0n) is 14.0. The molecule has 0 aromatic heterocycles. The summed E-state index contributed by atoms with van der Waals surface area (Å²) in [5.74, 6) is -0.283. The minimum atomic E-state index is -0.581. The molecule has 1 aliphatic carbocycles. The number of halogens is 2. The van der Waals surface area contributed by atoms with E-state index < -0.39 is 6.04 Å². The molecule has 1 fully saturated rings. The van der Waals surface area contributed by atoms with Gasteiger partial charge in [0.25, 0.3) is 0 Å². The molecule has 1 saturated carbocycles. The van der Waals surface area contributed by atoms with Gasteiger partial charge in [-0.25, -0.2) is 0 Å². The van der Waals surface area contributed by atoms with E-state index in [2.05, 4.69) is 21.2 Å². The Bertz CT molecular complexity index is 579. The number of rotatable bonds is 7. The summed E-state index contributed by atoms with van der Waals surface area (Å²) in [7, 11) is 0. The van der Waals surface area contributed by atoms with Crippen molar-refractivity contribution in [1.29, 1.82) is 0 Å². The molecule has 2 amide bonds. The van der Waals surface area contributed by atoms with Gasteiger partial charge in [-0.2, -0.15) is 0 Å². The smallest absolute Gasteiger partial charge is 0.242 e. The third-order valence-corrected chi connectivity index (χ3v) is 4.48. The second-order valence-electron chi connectivity index (χ2n) is 6.37. The van der Waals surface area contributed by atoms with Gasteiger partial charge in [0.15, 0.2) is 0 Å². The number of hydrogen-bond donors (Lipinski definition) is 2. The largest absolute Gasteiger partial charge is 0.346 e. The Balaban J connectivity index is 0.00000288. The first-order chi connectivity index (χ1) is 10.9. The zero-order valence-corrected chi connectivity index (χ0v) is 16.4. The number of carbonyl (C=O) groups excluding carboxylic acids is 2. The van der Waals surface area contributed by atoms with Crippen LogP contribution in [-0.4, -0.2) is 35.3 Å². The summed E-state index contributed by atoms with van der Waals surface area (Å²) in [6, 6.07) is 7.63. The van der Waals surface area contributed by atoms with Crippen LogP contribution in [0.3, 0.4) is 0 Å². The number of nitrogens with zero attached hydrogens (tertiary/aromatic N) is 1. The average molecular weight is 419 g/mol. The molecule has 0 spiro atoms. The first-order valence-corrected chi connectivity index (χ1v) is 8.75. The number of benzene rings is 1.